The van der Waals surface area contributed by atoms with Gasteiger partial charge in [-0.15, -0.1) is 15.3 Å². The fourth-order valence-electron chi connectivity index (χ4n) is 7.46. The van der Waals surface area contributed by atoms with E-state index in [4.69, 9.17) is 44.7 Å². The molecule has 6 heterocycles. The average Bonchev–Trinajstić information content (AvgIpc) is 4.49. The molecule has 0 unspecified atom stereocenters. The van der Waals surface area contributed by atoms with Crippen LogP contribution in [0.3, 0.4) is 0 Å². The normalized spacial score (nSPS) is 10.6. The highest BCUT2D eigenvalue weighted by Gasteiger charge is 2.14. The van der Waals surface area contributed by atoms with Gasteiger partial charge in [-0.2, -0.15) is 9.97 Å². The maximum Gasteiger partial charge on any atom is 0.320 e. The summed E-state index contributed by atoms with van der Waals surface area (Å²) in [7, 11) is 0. The van der Waals surface area contributed by atoms with Crippen LogP contribution in [0.25, 0.3) is 34.4 Å². The largest absolute Gasteiger partial charge is 0.439 e. The average molecular weight is 1130 g/mol. The molecule has 6 aromatic heterocycles. The number of thioether (sulfide) groups is 1. The van der Waals surface area contributed by atoms with Gasteiger partial charge in [-0.25, -0.2) is 19.9 Å². The van der Waals surface area contributed by atoms with Crippen molar-refractivity contribution in [3.63, 3.8) is 0 Å². The standard InChI is InChI=1S/C20H18N6O2S.2C19H16N6O2/c1-12-4-3-5-14(10-12)22-19-26-25-18(28-19)13-6-8-15(9-7-13)27-17-11-16(21)23-20(24-17)29-2;1-12-3-2-4-14(9-12)23-19-25-24-18(27-19)13-5-7-15(8-6-13)26-17-10-16(20)21-11-22-17;1-12-3-2-4-14(11-12)22-19-25-24-17(27-19)13-5-7-15(8-6-13)26-16-9-10-21-18(20)23-16/h3-11H,1-2H3,(H,22,26)(H2,21,23,24);2-11H,1H3,(H,23,25)(H2,20,21,22);2-11H,1H3,(H,22,25)(H2,20,21,23). The van der Waals surface area contributed by atoms with E-state index in [1.54, 1.807) is 54.6 Å². The summed E-state index contributed by atoms with van der Waals surface area (Å²) in [5, 5.41) is 34.2. The highest BCUT2D eigenvalue weighted by Crippen LogP contribution is 2.31. The number of aromatic nitrogens is 12. The molecule has 0 aliphatic heterocycles. The first-order valence-corrected chi connectivity index (χ1v) is 26.3. The molecule has 0 radical (unpaired) electrons. The van der Waals surface area contributed by atoms with Gasteiger partial charge in [-0.1, -0.05) is 63.5 Å². The van der Waals surface area contributed by atoms with Gasteiger partial charge in [0.1, 0.15) is 35.2 Å². The molecule has 0 saturated heterocycles. The van der Waals surface area contributed by atoms with Crippen molar-refractivity contribution < 1.29 is 27.5 Å². The van der Waals surface area contributed by atoms with Crippen molar-refractivity contribution in [2.45, 2.75) is 25.9 Å². The molecule has 83 heavy (non-hydrogen) atoms. The Morgan fingerprint density at radius 3 is 1.24 bits per heavy atom. The highest BCUT2D eigenvalue weighted by atomic mass is 32.2. The number of benzene rings is 6. The van der Waals surface area contributed by atoms with E-state index in [1.165, 1.54) is 24.3 Å². The molecule has 0 fully saturated rings. The van der Waals surface area contributed by atoms with Gasteiger partial charge in [0, 0.05) is 58.1 Å². The molecule has 414 valence electrons. The summed E-state index contributed by atoms with van der Waals surface area (Å²) in [6, 6.07) is 51.1. The van der Waals surface area contributed by atoms with Crippen molar-refractivity contribution in [1.29, 1.82) is 0 Å². The van der Waals surface area contributed by atoms with Crippen LogP contribution in [0.4, 0.5) is 52.7 Å². The van der Waals surface area contributed by atoms with E-state index in [-0.39, 0.29) is 5.95 Å². The number of anilines is 9. The van der Waals surface area contributed by atoms with Crippen molar-refractivity contribution >= 4 is 64.5 Å². The number of ether oxygens (including phenoxy) is 3. The maximum absolute atomic E-state index is 5.78. The quantitative estimate of drug-likeness (QED) is 0.0386. The Labute approximate surface area is 478 Å². The Balaban J connectivity index is 0.000000139. The second kappa shape index (κ2) is 26.0. The summed E-state index contributed by atoms with van der Waals surface area (Å²) in [5.74, 6) is 5.02. The van der Waals surface area contributed by atoms with E-state index in [9.17, 15) is 0 Å². The van der Waals surface area contributed by atoms with Crippen molar-refractivity contribution in [1.82, 2.24) is 60.5 Å². The summed E-state index contributed by atoms with van der Waals surface area (Å²) < 4.78 is 34.1. The summed E-state index contributed by atoms with van der Waals surface area (Å²) in [5.41, 5.74) is 25.3. The minimum atomic E-state index is 0.156. The molecule has 0 atom stereocenters. The number of hydrogen-bond acceptors (Lipinski definition) is 25. The molecular formula is C58H50N18O6S. The van der Waals surface area contributed by atoms with E-state index in [0.717, 1.165) is 50.4 Å². The Kier molecular flexibility index (Phi) is 17.2. The van der Waals surface area contributed by atoms with Crippen LogP contribution in [0.2, 0.25) is 0 Å². The lowest BCUT2D eigenvalue weighted by atomic mass is 10.2. The number of aryl methyl sites for hydroxylation is 3. The van der Waals surface area contributed by atoms with Crippen LogP contribution in [0.5, 0.6) is 34.9 Å². The highest BCUT2D eigenvalue weighted by molar-refractivity contribution is 7.98. The van der Waals surface area contributed by atoms with Crippen LogP contribution < -0.4 is 47.4 Å². The van der Waals surface area contributed by atoms with Crippen LogP contribution in [-0.4, -0.2) is 66.8 Å². The second-order valence-electron chi connectivity index (χ2n) is 17.8. The lowest BCUT2D eigenvalue weighted by molar-refractivity contribution is 0.456. The Bertz CT molecular complexity index is 3920. The Morgan fingerprint density at radius 2 is 0.831 bits per heavy atom. The molecule has 0 saturated carbocycles. The van der Waals surface area contributed by atoms with Crippen LogP contribution in [0.15, 0.2) is 195 Å². The van der Waals surface area contributed by atoms with Gasteiger partial charge in [0.05, 0.1) is 0 Å². The Hall–Kier alpha value is -11.5. The van der Waals surface area contributed by atoms with Crippen LogP contribution in [-0.2, 0) is 0 Å². The van der Waals surface area contributed by atoms with Crippen molar-refractivity contribution in [2.24, 2.45) is 0 Å². The monoisotopic (exact) mass is 1130 g/mol. The predicted molar refractivity (Wildman–Crippen MR) is 314 cm³/mol. The van der Waals surface area contributed by atoms with Crippen molar-refractivity contribution in [2.75, 3.05) is 39.4 Å². The second-order valence-corrected chi connectivity index (χ2v) is 18.5. The van der Waals surface area contributed by atoms with Gasteiger partial charge in [0.25, 0.3) is 0 Å². The third-order valence-corrected chi connectivity index (χ3v) is 11.8. The maximum atomic E-state index is 5.78. The fourth-order valence-corrected chi connectivity index (χ4v) is 7.83. The molecule has 0 aliphatic carbocycles. The van der Waals surface area contributed by atoms with Crippen molar-refractivity contribution in [3.05, 3.63) is 193 Å². The van der Waals surface area contributed by atoms with Crippen LogP contribution in [0, 0.1) is 20.8 Å². The van der Waals surface area contributed by atoms with Gasteiger partial charge in [-0.05, 0) is 153 Å². The molecule has 6 aromatic carbocycles. The molecule has 9 N–H and O–H groups in total. The number of nitrogens with one attached hydrogen (secondary N) is 3. The number of rotatable bonds is 16. The summed E-state index contributed by atoms with van der Waals surface area (Å²) in [6.07, 6.45) is 4.76. The summed E-state index contributed by atoms with van der Waals surface area (Å²) in [4.78, 5) is 24.0. The molecule has 0 spiro atoms. The third-order valence-electron chi connectivity index (χ3n) is 11.3. The fraction of sp³-hybridized carbons (Fsp3) is 0.0690. The minimum absolute atomic E-state index is 0.156. The van der Waals surface area contributed by atoms with E-state index >= 15 is 0 Å². The first kappa shape index (κ1) is 54.9. The minimum Gasteiger partial charge on any atom is -0.439 e. The summed E-state index contributed by atoms with van der Waals surface area (Å²) in [6.45, 7) is 6.06. The molecular weight excluding hydrogens is 1080 g/mol. The van der Waals surface area contributed by atoms with Gasteiger partial charge in [-0.3, -0.25) is 0 Å². The van der Waals surface area contributed by atoms with Crippen LogP contribution >= 0.6 is 11.8 Å². The molecule has 24 nitrogen and oxygen atoms in total. The van der Waals surface area contributed by atoms with Crippen molar-refractivity contribution in [3.8, 4) is 69.3 Å². The number of nitrogens with zero attached hydrogens (tertiary/aromatic N) is 12. The molecule has 0 bridgehead atoms. The lowest BCUT2D eigenvalue weighted by Gasteiger charge is -2.06. The zero-order valence-electron chi connectivity index (χ0n) is 44.7. The SMILES string of the molecule is CSc1nc(N)cc(Oc2ccc(-c3nnc(Nc4cccc(C)c4)o3)cc2)n1.Cc1cccc(Nc2nnc(-c3ccc(Oc4cc(N)ncn4)cc3)o2)c1.Cc1cccc(Nc2nnc(-c3ccc(Oc4ccnc(N)n4)cc3)o2)c1. The lowest BCUT2D eigenvalue weighted by Crippen LogP contribution is -1.97. The van der Waals surface area contributed by atoms with Gasteiger partial charge in [0.2, 0.25) is 41.3 Å². The first-order valence-electron chi connectivity index (χ1n) is 25.1. The van der Waals surface area contributed by atoms with Gasteiger partial charge in [0.15, 0.2) is 5.16 Å². The van der Waals surface area contributed by atoms with Crippen LogP contribution in [0.1, 0.15) is 16.7 Å². The molecule has 0 amide bonds. The van der Waals surface area contributed by atoms with E-state index in [2.05, 4.69) is 76.4 Å². The third kappa shape index (κ3) is 15.6. The Morgan fingerprint density at radius 1 is 0.410 bits per heavy atom. The predicted octanol–water partition coefficient (Wildman–Crippen LogP) is 12.6. The zero-order chi connectivity index (χ0) is 57.5. The van der Waals surface area contributed by atoms with Gasteiger partial charge >= 0.3 is 18.0 Å². The zero-order valence-corrected chi connectivity index (χ0v) is 45.5. The number of nitrogens with two attached hydrogens (primary N) is 3. The number of nitrogen functional groups attached to an aromatic ring is 3. The molecule has 12 aromatic rings. The van der Waals surface area contributed by atoms with E-state index in [0.29, 0.717) is 87.4 Å². The van der Waals surface area contributed by atoms with Gasteiger partial charge < -0.3 is 60.6 Å². The molecule has 0 aliphatic rings. The van der Waals surface area contributed by atoms with E-state index < -0.39 is 0 Å². The molecule has 12 rings (SSSR count). The van der Waals surface area contributed by atoms with E-state index in [1.807, 2.05) is 136 Å². The molecule has 25 heteroatoms. The smallest absolute Gasteiger partial charge is 0.320 e. The topological polar surface area (TPSA) is 336 Å². The summed E-state index contributed by atoms with van der Waals surface area (Å²) >= 11 is 1.40. The number of hydrogen-bond donors (Lipinski definition) is 6. The first-order chi connectivity index (χ1) is 40.4.